The Bertz CT molecular complexity index is 824. The summed E-state index contributed by atoms with van der Waals surface area (Å²) in [6.07, 6.45) is 3.43. The monoisotopic (exact) mass is 392 g/mol. The largest absolute Gasteiger partial charge is 0.457 e. The smallest absolute Gasteiger partial charge is 0.232 e. The van der Waals surface area contributed by atoms with Gasteiger partial charge in [-0.15, -0.1) is 0 Å². The Hall–Kier alpha value is -2.37. The van der Waals surface area contributed by atoms with Crippen molar-refractivity contribution in [1.82, 2.24) is 10.2 Å². The van der Waals surface area contributed by atoms with Crippen molar-refractivity contribution in [3.63, 3.8) is 0 Å². The van der Waals surface area contributed by atoms with Gasteiger partial charge in [0.1, 0.15) is 11.5 Å². The molecular formula is C24H28N2O3. The van der Waals surface area contributed by atoms with Crippen LogP contribution in [-0.4, -0.2) is 49.7 Å². The zero-order valence-electron chi connectivity index (χ0n) is 16.7. The summed E-state index contributed by atoms with van der Waals surface area (Å²) in [6, 6.07) is 16.3. The third-order valence-electron chi connectivity index (χ3n) is 6.58. The van der Waals surface area contributed by atoms with Crippen LogP contribution in [0.4, 0.5) is 0 Å². The first kappa shape index (κ1) is 18.6. The number of fused-ring (bicyclic) bond motifs is 2. The standard InChI is InChI=1S/C24H28N2O3/c27-24(25-15-17-9-12-26(13-10-17)18-11-14-28-16-18)23-19-5-1-3-7-21(19)29-22-8-4-2-6-20(22)23/h1-8,17-18,23H,9-16H2,(H,25,27)/t18-/m1/s1. The fourth-order valence-electron chi connectivity index (χ4n) is 4.87. The summed E-state index contributed by atoms with van der Waals surface area (Å²) in [5.74, 6) is 1.85. The van der Waals surface area contributed by atoms with Crippen molar-refractivity contribution in [3.8, 4) is 11.5 Å². The van der Waals surface area contributed by atoms with Crippen LogP contribution in [0.15, 0.2) is 48.5 Å². The quantitative estimate of drug-likeness (QED) is 0.865. The van der Waals surface area contributed by atoms with E-state index in [4.69, 9.17) is 9.47 Å². The number of ether oxygens (including phenoxy) is 2. The van der Waals surface area contributed by atoms with Gasteiger partial charge in [0.25, 0.3) is 0 Å². The van der Waals surface area contributed by atoms with E-state index in [1.165, 1.54) is 0 Å². The molecule has 1 N–H and O–H groups in total. The number of benzene rings is 2. The highest BCUT2D eigenvalue weighted by Gasteiger charge is 2.33. The number of amides is 1. The highest BCUT2D eigenvalue weighted by molar-refractivity contribution is 5.89. The molecular weight excluding hydrogens is 364 g/mol. The van der Waals surface area contributed by atoms with E-state index in [9.17, 15) is 4.79 Å². The molecule has 2 aromatic carbocycles. The number of para-hydroxylation sites is 2. The Labute approximate surface area is 172 Å². The number of hydrogen-bond donors (Lipinski definition) is 1. The molecule has 2 fully saturated rings. The Kier molecular flexibility index (Phi) is 5.25. The number of carbonyl (C=O) groups excluding carboxylic acids is 1. The minimum Gasteiger partial charge on any atom is -0.457 e. The molecule has 0 bridgehead atoms. The molecule has 152 valence electrons. The average Bonchev–Trinajstić information content (AvgIpc) is 3.31. The summed E-state index contributed by atoms with van der Waals surface area (Å²) in [7, 11) is 0. The second-order valence-electron chi connectivity index (χ2n) is 8.35. The average molecular weight is 392 g/mol. The van der Waals surface area contributed by atoms with Crippen molar-refractivity contribution in [1.29, 1.82) is 0 Å². The Morgan fingerprint density at radius 3 is 2.24 bits per heavy atom. The van der Waals surface area contributed by atoms with Crippen molar-refractivity contribution in [2.24, 2.45) is 5.92 Å². The van der Waals surface area contributed by atoms with Crippen molar-refractivity contribution in [2.45, 2.75) is 31.2 Å². The minimum atomic E-state index is -0.313. The zero-order chi connectivity index (χ0) is 19.6. The molecule has 0 unspecified atom stereocenters. The highest BCUT2D eigenvalue weighted by atomic mass is 16.5. The Morgan fingerprint density at radius 2 is 1.62 bits per heavy atom. The lowest BCUT2D eigenvalue weighted by molar-refractivity contribution is -0.122. The number of carbonyl (C=O) groups is 1. The van der Waals surface area contributed by atoms with Gasteiger partial charge >= 0.3 is 0 Å². The van der Waals surface area contributed by atoms with Gasteiger partial charge in [0.2, 0.25) is 5.91 Å². The van der Waals surface area contributed by atoms with E-state index in [0.29, 0.717) is 12.0 Å². The number of nitrogens with zero attached hydrogens (tertiary/aromatic N) is 1. The molecule has 1 atom stereocenters. The summed E-state index contributed by atoms with van der Waals surface area (Å²) in [4.78, 5) is 15.8. The normalized spacial score (nSPS) is 22.6. The maximum atomic E-state index is 13.2. The van der Waals surface area contributed by atoms with E-state index in [1.807, 2.05) is 48.5 Å². The number of hydrogen-bond acceptors (Lipinski definition) is 4. The topological polar surface area (TPSA) is 50.8 Å². The zero-order valence-corrected chi connectivity index (χ0v) is 16.7. The first-order chi connectivity index (χ1) is 14.3. The van der Waals surface area contributed by atoms with Crippen LogP contribution in [0.3, 0.4) is 0 Å². The number of rotatable bonds is 4. The molecule has 0 radical (unpaired) electrons. The molecule has 5 nitrogen and oxygen atoms in total. The molecule has 0 spiro atoms. The lowest BCUT2D eigenvalue weighted by Gasteiger charge is -2.35. The Balaban J connectivity index is 1.24. The predicted molar refractivity (Wildman–Crippen MR) is 111 cm³/mol. The molecule has 29 heavy (non-hydrogen) atoms. The maximum Gasteiger partial charge on any atom is 0.232 e. The van der Waals surface area contributed by atoms with Crippen LogP contribution in [0.5, 0.6) is 11.5 Å². The molecule has 1 amide bonds. The van der Waals surface area contributed by atoms with Crippen LogP contribution in [0, 0.1) is 5.92 Å². The summed E-state index contributed by atoms with van der Waals surface area (Å²) < 4.78 is 11.5. The number of likely N-dealkylation sites (tertiary alicyclic amines) is 1. The summed E-state index contributed by atoms with van der Waals surface area (Å²) in [6.45, 7) is 4.74. The molecule has 5 heteroatoms. The molecule has 0 aromatic heterocycles. The van der Waals surface area contributed by atoms with Crippen LogP contribution in [0.2, 0.25) is 0 Å². The number of piperidine rings is 1. The molecule has 0 saturated carbocycles. The van der Waals surface area contributed by atoms with Gasteiger partial charge in [-0.3, -0.25) is 9.69 Å². The van der Waals surface area contributed by atoms with Gasteiger partial charge in [-0.2, -0.15) is 0 Å². The van der Waals surface area contributed by atoms with Crippen LogP contribution >= 0.6 is 0 Å². The second kappa shape index (κ2) is 8.17. The fraction of sp³-hybridized carbons (Fsp3) is 0.458. The number of nitrogens with one attached hydrogen (secondary N) is 1. The Morgan fingerprint density at radius 1 is 0.966 bits per heavy atom. The molecule has 3 heterocycles. The third-order valence-corrected chi connectivity index (χ3v) is 6.58. The predicted octanol–water partition coefficient (Wildman–Crippen LogP) is 3.54. The molecule has 0 aliphatic carbocycles. The molecule has 2 saturated heterocycles. The van der Waals surface area contributed by atoms with E-state index in [2.05, 4.69) is 10.2 Å². The van der Waals surface area contributed by atoms with Gasteiger partial charge in [0, 0.05) is 30.3 Å². The fourth-order valence-corrected chi connectivity index (χ4v) is 4.87. The van der Waals surface area contributed by atoms with E-state index in [1.54, 1.807) is 0 Å². The molecule has 5 rings (SSSR count). The summed E-state index contributed by atoms with van der Waals surface area (Å²) in [5, 5.41) is 3.25. The molecule has 3 aliphatic heterocycles. The lowest BCUT2D eigenvalue weighted by Crippen LogP contribution is -2.44. The van der Waals surface area contributed by atoms with Gasteiger partial charge < -0.3 is 14.8 Å². The maximum absolute atomic E-state index is 13.2. The lowest BCUT2D eigenvalue weighted by atomic mass is 9.87. The van der Waals surface area contributed by atoms with Crippen LogP contribution in [-0.2, 0) is 9.53 Å². The van der Waals surface area contributed by atoms with Gasteiger partial charge in [-0.25, -0.2) is 0 Å². The molecule has 3 aliphatic rings. The van der Waals surface area contributed by atoms with Crippen LogP contribution in [0.1, 0.15) is 36.3 Å². The van der Waals surface area contributed by atoms with Gasteiger partial charge in [-0.05, 0) is 50.4 Å². The van der Waals surface area contributed by atoms with Crippen molar-refractivity contribution in [2.75, 3.05) is 32.8 Å². The SMILES string of the molecule is O=C(NCC1CCN([C@@H]2CCOC2)CC1)C1c2ccccc2Oc2ccccc21. The van der Waals surface area contributed by atoms with Crippen molar-refractivity contribution >= 4 is 5.91 Å². The minimum absolute atomic E-state index is 0.0693. The first-order valence-corrected chi connectivity index (χ1v) is 10.7. The summed E-state index contributed by atoms with van der Waals surface area (Å²) >= 11 is 0. The van der Waals surface area contributed by atoms with Gasteiger partial charge in [0.05, 0.1) is 12.5 Å². The van der Waals surface area contributed by atoms with Crippen molar-refractivity contribution < 1.29 is 14.3 Å². The van der Waals surface area contributed by atoms with Gasteiger partial charge in [-0.1, -0.05) is 36.4 Å². The van der Waals surface area contributed by atoms with E-state index in [0.717, 1.165) is 74.7 Å². The third kappa shape index (κ3) is 3.77. The highest BCUT2D eigenvalue weighted by Crippen LogP contribution is 2.43. The van der Waals surface area contributed by atoms with E-state index in [-0.39, 0.29) is 11.8 Å². The first-order valence-electron chi connectivity index (χ1n) is 10.7. The van der Waals surface area contributed by atoms with E-state index >= 15 is 0 Å². The van der Waals surface area contributed by atoms with Crippen LogP contribution in [0.25, 0.3) is 0 Å². The summed E-state index contributed by atoms with van der Waals surface area (Å²) in [5.41, 5.74) is 1.89. The van der Waals surface area contributed by atoms with Gasteiger partial charge in [0.15, 0.2) is 0 Å². The molecule has 2 aromatic rings. The van der Waals surface area contributed by atoms with Crippen LogP contribution < -0.4 is 10.1 Å². The van der Waals surface area contributed by atoms with E-state index < -0.39 is 0 Å². The van der Waals surface area contributed by atoms with Crippen molar-refractivity contribution in [3.05, 3.63) is 59.7 Å². The second-order valence-corrected chi connectivity index (χ2v) is 8.35.